The molecule has 11 heteroatoms. The third kappa shape index (κ3) is 4.20. The molecule has 3 atom stereocenters. The minimum atomic E-state index is -0.441. The Labute approximate surface area is 184 Å². The van der Waals surface area contributed by atoms with E-state index in [-0.39, 0.29) is 22.6 Å². The lowest BCUT2D eigenvalue weighted by atomic mass is 9.89. The normalized spacial score (nSPS) is 28.0. The number of morpholine rings is 2. The highest BCUT2D eigenvalue weighted by Gasteiger charge is 2.45. The van der Waals surface area contributed by atoms with E-state index in [1.54, 1.807) is 12.1 Å². The van der Waals surface area contributed by atoms with Gasteiger partial charge in [0, 0.05) is 35.8 Å². The van der Waals surface area contributed by atoms with Crippen LogP contribution in [0.15, 0.2) is 24.3 Å². The Bertz CT molecular complexity index is 973. The van der Waals surface area contributed by atoms with Gasteiger partial charge in [-0.15, -0.1) is 0 Å². The first-order chi connectivity index (χ1) is 15.0. The molecule has 1 aromatic heterocycles. The average molecular weight is 447 g/mol. The number of hydrogen-bond acceptors (Lipinski definition) is 9. The van der Waals surface area contributed by atoms with E-state index in [1.165, 1.54) is 12.1 Å². The molecule has 2 unspecified atom stereocenters. The minimum absolute atomic E-state index is 0.00805. The maximum atomic E-state index is 10.9. The molecule has 0 radical (unpaired) electrons. The molecule has 1 N–H and O–H groups in total. The predicted molar refractivity (Wildman–Crippen MR) is 113 cm³/mol. The minimum Gasteiger partial charge on any atom is -0.378 e. The van der Waals surface area contributed by atoms with Crippen LogP contribution in [-0.4, -0.2) is 70.5 Å². The van der Waals surface area contributed by atoms with Crippen molar-refractivity contribution in [1.29, 1.82) is 0 Å². The summed E-state index contributed by atoms with van der Waals surface area (Å²) in [6.07, 6.45) is 3.06. The summed E-state index contributed by atoms with van der Waals surface area (Å²) < 4.78 is 11.6. The molecule has 0 spiro atoms. The SMILES string of the molecule is O=[N+]([O-])c1ccc(-c2nc(Cl)nc(N3CCOC[C@H]3CC34CCC(COC3)N4)n2)cc1. The number of nitro groups is 1. The summed E-state index contributed by atoms with van der Waals surface area (Å²) >= 11 is 6.24. The van der Waals surface area contributed by atoms with Crippen molar-refractivity contribution >= 4 is 23.2 Å². The number of anilines is 1. The fraction of sp³-hybridized carbons (Fsp3) is 0.550. The van der Waals surface area contributed by atoms with Crippen LogP contribution < -0.4 is 10.2 Å². The van der Waals surface area contributed by atoms with E-state index in [4.69, 9.17) is 21.1 Å². The summed E-state index contributed by atoms with van der Waals surface area (Å²) in [5.41, 5.74) is 0.596. The molecule has 3 fully saturated rings. The molecule has 2 bridgehead atoms. The van der Waals surface area contributed by atoms with Gasteiger partial charge in [-0.25, -0.2) is 0 Å². The van der Waals surface area contributed by atoms with Crippen LogP contribution in [0.1, 0.15) is 19.3 Å². The standard InChI is InChI=1S/C20H23ClN6O4/c21-18-22-17(13-1-3-15(4-2-13)27(28)29)23-19(24-18)26-7-8-30-11-16(26)9-20-6-5-14(25-20)10-31-12-20/h1-4,14,16,25H,5-12H2/t14?,16-,20?/m1/s1. The second-order valence-electron chi connectivity index (χ2n) is 8.33. The van der Waals surface area contributed by atoms with E-state index in [2.05, 4.69) is 25.2 Å². The van der Waals surface area contributed by atoms with Gasteiger partial charge in [-0.2, -0.15) is 15.0 Å². The molecule has 3 saturated heterocycles. The Kier molecular flexibility index (Phi) is 5.47. The molecule has 0 amide bonds. The monoisotopic (exact) mass is 446 g/mol. The van der Waals surface area contributed by atoms with Crippen LogP contribution in [0.3, 0.4) is 0 Å². The van der Waals surface area contributed by atoms with Crippen molar-refractivity contribution in [2.75, 3.05) is 37.9 Å². The molecule has 31 heavy (non-hydrogen) atoms. The number of nitrogens with zero attached hydrogens (tertiary/aromatic N) is 5. The fourth-order valence-corrected chi connectivity index (χ4v) is 4.91. The highest BCUT2D eigenvalue weighted by molar-refractivity contribution is 6.28. The summed E-state index contributed by atoms with van der Waals surface area (Å²) in [5, 5.41) is 14.8. The summed E-state index contributed by atoms with van der Waals surface area (Å²) in [6, 6.07) is 6.58. The highest BCUT2D eigenvalue weighted by Crippen LogP contribution is 2.35. The molecular weight excluding hydrogens is 424 g/mol. The molecule has 1 aromatic carbocycles. The van der Waals surface area contributed by atoms with E-state index in [1.807, 2.05) is 0 Å². The largest absolute Gasteiger partial charge is 0.378 e. The lowest BCUT2D eigenvalue weighted by molar-refractivity contribution is -0.384. The topological polar surface area (TPSA) is 116 Å². The zero-order chi connectivity index (χ0) is 21.4. The van der Waals surface area contributed by atoms with Gasteiger partial charge in [0.05, 0.1) is 37.4 Å². The number of benzene rings is 1. The van der Waals surface area contributed by atoms with E-state index in [9.17, 15) is 10.1 Å². The van der Waals surface area contributed by atoms with Crippen LogP contribution in [0, 0.1) is 10.1 Å². The Balaban J connectivity index is 1.41. The number of non-ortho nitro benzene ring substituents is 1. The number of fused-ring (bicyclic) bond motifs is 2. The lowest BCUT2D eigenvalue weighted by Crippen LogP contribution is -2.58. The number of halogens is 1. The smallest absolute Gasteiger partial charge is 0.269 e. The van der Waals surface area contributed by atoms with Crippen LogP contribution in [0.5, 0.6) is 0 Å². The molecule has 0 aliphatic carbocycles. The molecule has 5 rings (SSSR count). The summed E-state index contributed by atoms with van der Waals surface area (Å²) in [7, 11) is 0. The van der Waals surface area contributed by atoms with Crippen molar-refractivity contribution in [3.63, 3.8) is 0 Å². The Morgan fingerprint density at radius 1 is 1.23 bits per heavy atom. The van der Waals surface area contributed by atoms with Crippen molar-refractivity contribution in [3.05, 3.63) is 39.7 Å². The van der Waals surface area contributed by atoms with Crippen molar-refractivity contribution in [2.45, 2.75) is 36.9 Å². The molecule has 3 aliphatic rings. The number of aromatic nitrogens is 3. The first kappa shape index (κ1) is 20.5. The second kappa shape index (κ2) is 8.27. The van der Waals surface area contributed by atoms with E-state index in [0.29, 0.717) is 49.7 Å². The van der Waals surface area contributed by atoms with Gasteiger partial charge in [-0.3, -0.25) is 10.1 Å². The third-order valence-corrected chi connectivity index (χ3v) is 6.39. The first-order valence-electron chi connectivity index (χ1n) is 10.4. The predicted octanol–water partition coefficient (Wildman–Crippen LogP) is 2.22. The molecular formula is C20H23ClN6O4. The lowest BCUT2D eigenvalue weighted by Gasteiger charge is -2.42. The Hall–Kier alpha value is -2.40. The Morgan fingerprint density at radius 3 is 2.87 bits per heavy atom. The number of nitro benzene ring substituents is 1. The zero-order valence-electron chi connectivity index (χ0n) is 16.9. The van der Waals surface area contributed by atoms with Crippen LogP contribution >= 0.6 is 11.6 Å². The molecule has 0 saturated carbocycles. The van der Waals surface area contributed by atoms with Crippen molar-refractivity contribution in [3.8, 4) is 11.4 Å². The van der Waals surface area contributed by atoms with Crippen LogP contribution in [0.2, 0.25) is 5.28 Å². The Morgan fingerprint density at radius 2 is 2.06 bits per heavy atom. The van der Waals surface area contributed by atoms with E-state index in [0.717, 1.165) is 25.9 Å². The van der Waals surface area contributed by atoms with Crippen LogP contribution in [-0.2, 0) is 9.47 Å². The van der Waals surface area contributed by atoms with Gasteiger partial charge in [-0.1, -0.05) is 0 Å². The maximum Gasteiger partial charge on any atom is 0.269 e. The molecule has 10 nitrogen and oxygen atoms in total. The molecule has 4 heterocycles. The number of nitrogens with one attached hydrogen (secondary N) is 1. The van der Waals surface area contributed by atoms with Gasteiger partial charge in [0.15, 0.2) is 5.82 Å². The average Bonchev–Trinajstić information content (AvgIpc) is 3.06. The summed E-state index contributed by atoms with van der Waals surface area (Å²) in [6.45, 7) is 3.26. The first-order valence-corrected chi connectivity index (χ1v) is 10.8. The molecule has 2 aromatic rings. The highest BCUT2D eigenvalue weighted by atomic mass is 35.5. The van der Waals surface area contributed by atoms with Gasteiger partial charge >= 0.3 is 0 Å². The third-order valence-electron chi connectivity index (χ3n) is 6.22. The second-order valence-corrected chi connectivity index (χ2v) is 8.67. The fourth-order valence-electron chi connectivity index (χ4n) is 4.75. The van der Waals surface area contributed by atoms with Gasteiger partial charge in [0.1, 0.15) is 0 Å². The van der Waals surface area contributed by atoms with Gasteiger partial charge < -0.3 is 19.7 Å². The van der Waals surface area contributed by atoms with Crippen LogP contribution in [0.4, 0.5) is 11.6 Å². The molecule has 3 aliphatic heterocycles. The van der Waals surface area contributed by atoms with Gasteiger partial charge in [0.25, 0.3) is 5.69 Å². The van der Waals surface area contributed by atoms with Crippen LogP contribution in [0.25, 0.3) is 11.4 Å². The van der Waals surface area contributed by atoms with Gasteiger partial charge in [-0.05, 0) is 43.0 Å². The number of ether oxygens (including phenoxy) is 2. The van der Waals surface area contributed by atoms with Crippen molar-refractivity contribution in [1.82, 2.24) is 20.3 Å². The molecule has 164 valence electrons. The van der Waals surface area contributed by atoms with E-state index >= 15 is 0 Å². The summed E-state index contributed by atoms with van der Waals surface area (Å²) in [5.74, 6) is 0.873. The summed E-state index contributed by atoms with van der Waals surface area (Å²) in [4.78, 5) is 25.9. The van der Waals surface area contributed by atoms with Gasteiger partial charge in [0.2, 0.25) is 11.2 Å². The van der Waals surface area contributed by atoms with Crippen molar-refractivity contribution < 1.29 is 14.4 Å². The number of hydrogen-bond donors (Lipinski definition) is 1. The van der Waals surface area contributed by atoms with E-state index < -0.39 is 4.92 Å². The zero-order valence-corrected chi connectivity index (χ0v) is 17.6. The number of rotatable bonds is 5. The van der Waals surface area contributed by atoms with Crippen molar-refractivity contribution in [2.24, 2.45) is 0 Å². The quantitative estimate of drug-likeness (QED) is 0.545. The maximum absolute atomic E-state index is 10.9.